The molecule has 25 heavy (non-hydrogen) atoms. The first-order valence-electron chi connectivity index (χ1n) is 8.75. The summed E-state index contributed by atoms with van der Waals surface area (Å²) in [6.07, 6.45) is 6.44. The molecule has 1 aromatic carbocycles. The van der Waals surface area contributed by atoms with Crippen molar-refractivity contribution >= 4 is 5.91 Å². The van der Waals surface area contributed by atoms with Crippen LogP contribution in [0.15, 0.2) is 49.1 Å². The predicted molar refractivity (Wildman–Crippen MR) is 93.2 cm³/mol. The molecule has 4 rings (SSSR count). The van der Waals surface area contributed by atoms with E-state index in [0.29, 0.717) is 18.2 Å². The second-order valence-electron chi connectivity index (χ2n) is 6.70. The molecule has 0 radical (unpaired) electrons. The average molecular weight is 338 g/mol. The van der Waals surface area contributed by atoms with Gasteiger partial charge in [0.1, 0.15) is 12.4 Å². The highest BCUT2D eigenvalue weighted by atomic mass is 16.5. The molecule has 1 aromatic heterocycles. The molecule has 2 atom stereocenters. The van der Waals surface area contributed by atoms with Crippen molar-refractivity contribution in [3.63, 3.8) is 0 Å². The van der Waals surface area contributed by atoms with E-state index in [2.05, 4.69) is 14.9 Å². The van der Waals surface area contributed by atoms with Crippen LogP contribution in [0.4, 0.5) is 0 Å². The van der Waals surface area contributed by atoms with E-state index in [0.717, 1.165) is 38.2 Å². The third-order valence-electron chi connectivity index (χ3n) is 4.97. The van der Waals surface area contributed by atoms with E-state index in [1.54, 1.807) is 12.4 Å². The van der Waals surface area contributed by atoms with Crippen LogP contribution in [0.25, 0.3) is 0 Å². The monoisotopic (exact) mass is 338 g/mol. The quantitative estimate of drug-likeness (QED) is 0.843. The summed E-state index contributed by atoms with van der Waals surface area (Å²) >= 11 is 0. The summed E-state index contributed by atoms with van der Waals surface area (Å²) in [5.41, 5.74) is 1.08. The Kier molecular flexibility index (Phi) is 4.61. The number of hydrogen-bond donors (Lipinski definition) is 0. The van der Waals surface area contributed by atoms with Gasteiger partial charge in [0.25, 0.3) is 0 Å². The Morgan fingerprint density at radius 1 is 1.12 bits per heavy atom. The van der Waals surface area contributed by atoms with E-state index < -0.39 is 0 Å². The van der Waals surface area contributed by atoms with Crippen LogP contribution in [0.1, 0.15) is 12.0 Å². The zero-order valence-corrected chi connectivity index (χ0v) is 14.1. The van der Waals surface area contributed by atoms with Crippen molar-refractivity contribution in [3.05, 3.63) is 54.6 Å². The summed E-state index contributed by atoms with van der Waals surface area (Å²) in [4.78, 5) is 25.0. The van der Waals surface area contributed by atoms with Crippen LogP contribution in [0.2, 0.25) is 0 Å². The first kappa shape index (κ1) is 16.0. The maximum absolute atomic E-state index is 12.6. The number of piperazine rings is 1. The number of carbonyl (C=O) groups excluding carboxylic acids is 1. The number of amides is 1. The Bertz CT molecular complexity index is 710. The lowest BCUT2D eigenvalue weighted by molar-refractivity contribution is -0.133. The van der Waals surface area contributed by atoms with Gasteiger partial charge >= 0.3 is 0 Å². The molecule has 0 aliphatic carbocycles. The molecule has 2 fully saturated rings. The fourth-order valence-corrected chi connectivity index (χ4v) is 3.73. The van der Waals surface area contributed by atoms with Gasteiger partial charge in [-0.25, -0.2) is 9.97 Å². The van der Waals surface area contributed by atoms with Crippen molar-refractivity contribution < 1.29 is 9.53 Å². The topological polar surface area (TPSA) is 58.6 Å². The normalized spacial score (nSPS) is 23.3. The summed E-state index contributed by atoms with van der Waals surface area (Å²) in [6, 6.07) is 10.3. The van der Waals surface area contributed by atoms with E-state index in [1.807, 2.05) is 35.2 Å². The maximum atomic E-state index is 12.6. The van der Waals surface area contributed by atoms with Crippen molar-refractivity contribution in [2.75, 3.05) is 26.2 Å². The van der Waals surface area contributed by atoms with Gasteiger partial charge in [0.05, 0.1) is 18.8 Å². The Hall–Kier alpha value is -2.47. The van der Waals surface area contributed by atoms with Crippen molar-refractivity contribution in [1.82, 2.24) is 19.8 Å². The first-order chi connectivity index (χ1) is 12.3. The van der Waals surface area contributed by atoms with Gasteiger partial charge in [0.15, 0.2) is 5.75 Å². The van der Waals surface area contributed by atoms with Crippen LogP contribution in [0.3, 0.4) is 0 Å². The summed E-state index contributed by atoms with van der Waals surface area (Å²) in [6.45, 7) is 3.40. The van der Waals surface area contributed by atoms with Gasteiger partial charge in [-0.3, -0.25) is 9.69 Å². The van der Waals surface area contributed by atoms with Crippen molar-refractivity contribution in [2.45, 2.75) is 25.0 Å². The van der Waals surface area contributed by atoms with Gasteiger partial charge in [0.2, 0.25) is 5.91 Å². The molecule has 0 spiro atoms. The molecule has 2 aromatic rings. The molecule has 0 N–H and O–H groups in total. The van der Waals surface area contributed by atoms with Gasteiger partial charge < -0.3 is 9.64 Å². The third-order valence-corrected chi connectivity index (χ3v) is 4.97. The van der Waals surface area contributed by atoms with Gasteiger partial charge in [-0.1, -0.05) is 30.3 Å². The van der Waals surface area contributed by atoms with Crippen molar-refractivity contribution in [2.24, 2.45) is 0 Å². The standard InChI is InChI=1S/C19H22N4O2/c24-19(8-15-4-2-1-3-5-15)23-7-6-22-13-17(9-16(22)12-23)25-18-10-20-14-21-11-18/h1-5,10-11,14,16-17H,6-9,12-13H2/t16-,17+/m0/s1. The second kappa shape index (κ2) is 7.19. The van der Waals surface area contributed by atoms with Crippen molar-refractivity contribution in [3.8, 4) is 5.75 Å². The molecule has 6 heteroatoms. The SMILES string of the molecule is O=C(Cc1ccccc1)N1CCN2C[C@H](Oc3cncnc3)C[C@H]2C1. The average Bonchev–Trinajstić information content (AvgIpc) is 3.04. The summed E-state index contributed by atoms with van der Waals surface area (Å²) in [7, 11) is 0. The lowest BCUT2D eigenvalue weighted by Crippen LogP contribution is -2.52. The van der Waals surface area contributed by atoms with E-state index in [4.69, 9.17) is 4.74 Å². The molecule has 2 saturated heterocycles. The molecule has 6 nitrogen and oxygen atoms in total. The summed E-state index contributed by atoms with van der Waals surface area (Å²) in [5.74, 6) is 0.927. The highest BCUT2D eigenvalue weighted by molar-refractivity contribution is 5.79. The van der Waals surface area contributed by atoms with Crippen LogP contribution in [0.5, 0.6) is 5.75 Å². The van der Waals surface area contributed by atoms with Gasteiger partial charge in [-0.15, -0.1) is 0 Å². The number of hydrogen-bond acceptors (Lipinski definition) is 5. The number of aromatic nitrogens is 2. The number of ether oxygens (including phenoxy) is 1. The number of rotatable bonds is 4. The minimum absolute atomic E-state index is 0.139. The Morgan fingerprint density at radius 2 is 1.92 bits per heavy atom. The molecule has 0 bridgehead atoms. The first-order valence-corrected chi connectivity index (χ1v) is 8.75. The number of benzene rings is 1. The zero-order chi connectivity index (χ0) is 17.1. The molecule has 130 valence electrons. The largest absolute Gasteiger partial charge is 0.486 e. The highest BCUT2D eigenvalue weighted by Gasteiger charge is 2.38. The number of fused-ring (bicyclic) bond motifs is 1. The smallest absolute Gasteiger partial charge is 0.227 e. The fourth-order valence-electron chi connectivity index (χ4n) is 3.73. The lowest BCUT2D eigenvalue weighted by atomic mass is 10.1. The Labute approximate surface area is 147 Å². The minimum atomic E-state index is 0.139. The third kappa shape index (κ3) is 3.79. The number of nitrogens with zero attached hydrogens (tertiary/aromatic N) is 4. The molecule has 3 heterocycles. The van der Waals surface area contributed by atoms with Crippen LogP contribution >= 0.6 is 0 Å². The summed E-state index contributed by atoms with van der Waals surface area (Å²) < 4.78 is 5.99. The second-order valence-corrected chi connectivity index (χ2v) is 6.70. The van der Waals surface area contributed by atoms with Gasteiger partial charge in [-0.05, 0) is 5.56 Å². The van der Waals surface area contributed by atoms with Crippen molar-refractivity contribution in [1.29, 1.82) is 0 Å². The van der Waals surface area contributed by atoms with E-state index in [-0.39, 0.29) is 12.0 Å². The van der Waals surface area contributed by atoms with E-state index in [1.165, 1.54) is 6.33 Å². The van der Waals surface area contributed by atoms with Crippen LogP contribution in [-0.4, -0.2) is 64.0 Å². The molecule has 1 amide bonds. The Balaban J connectivity index is 1.33. The molecule has 0 unspecified atom stereocenters. The molecule has 0 saturated carbocycles. The minimum Gasteiger partial charge on any atom is -0.486 e. The summed E-state index contributed by atoms with van der Waals surface area (Å²) in [5, 5.41) is 0. The van der Waals surface area contributed by atoms with Crippen LogP contribution in [0, 0.1) is 0 Å². The van der Waals surface area contributed by atoms with Gasteiger partial charge in [0, 0.05) is 38.6 Å². The van der Waals surface area contributed by atoms with Crippen LogP contribution < -0.4 is 4.74 Å². The van der Waals surface area contributed by atoms with Crippen LogP contribution in [-0.2, 0) is 11.2 Å². The fraction of sp³-hybridized carbons (Fsp3) is 0.421. The van der Waals surface area contributed by atoms with Gasteiger partial charge in [-0.2, -0.15) is 0 Å². The zero-order valence-electron chi connectivity index (χ0n) is 14.1. The highest BCUT2D eigenvalue weighted by Crippen LogP contribution is 2.25. The molecular formula is C19H22N4O2. The maximum Gasteiger partial charge on any atom is 0.227 e. The molecule has 2 aliphatic rings. The number of carbonyl (C=O) groups is 1. The lowest BCUT2D eigenvalue weighted by Gasteiger charge is -2.37. The van der Waals surface area contributed by atoms with E-state index >= 15 is 0 Å². The van der Waals surface area contributed by atoms with E-state index in [9.17, 15) is 4.79 Å². The molecular weight excluding hydrogens is 316 g/mol. The molecule has 2 aliphatic heterocycles. The Morgan fingerprint density at radius 3 is 2.72 bits per heavy atom. The predicted octanol–water partition coefficient (Wildman–Crippen LogP) is 1.38.